The van der Waals surface area contributed by atoms with Gasteiger partial charge in [0.05, 0.1) is 4.88 Å². The van der Waals surface area contributed by atoms with Gasteiger partial charge in [-0.1, -0.05) is 17.7 Å². The molecule has 1 amide bonds. The highest BCUT2D eigenvalue weighted by Crippen LogP contribution is 2.22. The van der Waals surface area contributed by atoms with Crippen LogP contribution in [-0.4, -0.2) is 17.0 Å². The molecule has 1 aromatic carbocycles. The van der Waals surface area contributed by atoms with E-state index in [2.05, 4.69) is 5.32 Å². The second-order valence-corrected chi connectivity index (χ2v) is 5.40. The summed E-state index contributed by atoms with van der Waals surface area (Å²) in [7, 11) is 0. The fourth-order valence-corrected chi connectivity index (χ4v) is 2.40. The number of rotatable bonds is 3. The number of aryl methyl sites for hydroxylation is 1. The Labute approximate surface area is 118 Å². The van der Waals surface area contributed by atoms with Crippen LogP contribution in [0.5, 0.6) is 0 Å². The van der Waals surface area contributed by atoms with Gasteiger partial charge in [-0.05, 0) is 36.8 Å². The summed E-state index contributed by atoms with van der Waals surface area (Å²) in [4.78, 5) is 23.2. The van der Waals surface area contributed by atoms with Crippen LogP contribution in [0, 0.1) is 6.92 Å². The minimum absolute atomic E-state index is 0.132. The van der Waals surface area contributed by atoms with Crippen molar-refractivity contribution in [3.8, 4) is 0 Å². The molecular weight excluding hydrogens is 286 g/mol. The van der Waals surface area contributed by atoms with Crippen LogP contribution >= 0.6 is 22.9 Å². The van der Waals surface area contributed by atoms with E-state index >= 15 is 0 Å². The number of carbonyl (C=O) groups is 2. The van der Waals surface area contributed by atoms with E-state index in [-0.39, 0.29) is 10.8 Å². The van der Waals surface area contributed by atoms with Crippen molar-refractivity contribution >= 4 is 40.5 Å². The fraction of sp³-hybridized carbons (Fsp3) is 0.0769. The Morgan fingerprint density at radius 3 is 2.53 bits per heavy atom. The highest BCUT2D eigenvalue weighted by molar-refractivity contribution is 7.15. The van der Waals surface area contributed by atoms with E-state index < -0.39 is 5.97 Å². The van der Waals surface area contributed by atoms with E-state index in [0.717, 1.165) is 16.9 Å². The highest BCUT2D eigenvalue weighted by Gasteiger charge is 2.13. The number of hydrogen-bond donors (Lipinski definition) is 2. The van der Waals surface area contributed by atoms with E-state index in [9.17, 15) is 9.59 Å². The number of benzene rings is 1. The molecule has 0 aliphatic heterocycles. The molecule has 0 radical (unpaired) electrons. The summed E-state index contributed by atoms with van der Waals surface area (Å²) in [6.45, 7) is 1.85. The smallest absolute Gasteiger partial charge is 0.345 e. The molecule has 98 valence electrons. The standard InChI is InChI=1S/C13H10ClNO3S/c1-7-2-3-8(14)6-9(7)15-12(16)10-4-5-11(19-10)13(17)18/h2-6H,1H3,(H,15,16)(H,17,18). The summed E-state index contributed by atoms with van der Waals surface area (Å²) in [5, 5.41) is 12.1. The molecule has 0 unspecified atom stereocenters. The molecule has 19 heavy (non-hydrogen) atoms. The molecule has 1 heterocycles. The van der Waals surface area contributed by atoms with Gasteiger partial charge in [-0.15, -0.1) is 11.3 Å². The number of aromatic carboxylic acids is 1. The summed E-state index contributed by atoms with van der Waals surface area (Å²) in [5.74, 6) is -1.38. The molecule has 6 heteroatoms. The molecule has 2 N–H and O–H groups in total. The first-order valence-electron chi connectivity index (χ1n) is 5.38. The van der Waals surface area contributed by atoms with Crippen LogP contribution in [0.2, 0.25) is 5.02 Å². The number of anilines is 1. The Hall–Kier alpha value is -1.85. The number of amides is 1. The van der Waals surface area contributed by atoms with Crippen molar-refractivity contribution in [3.63, 3.8) is 0 Å². The molecule has 0 aliphatic carbocycles. The number of carboxylic acids is 1. The third kappa shape index (κ3) is 3.13. The molecule has 2 rings (SSSR count). The third-order valence-corrected chi connectivity index (χ3v) is 3.80. The maximum atomic E-state index is 12.0. The van der Waals surface area contributed by atoms with Crippen molar-refractivity contribution < 1.29 is 14.7 Å². The largest absolute Gasteiger partial charge is 0.477 e. The summed E-state index contributed by atoms with van der Waals surface area (Å²) < 4.78 is 0. The Kier molecular flexibility index (Phi) is 3.87. The average Bonchev–Trinajstić information content (AvgIpc) is 2.83. The van der Waals surface area contributed by atoms with Crippen molar-refractivity contribution in [2.24, 2.45) is 0 Å². The van der Waals surface area contributed by atoms with Crippen molar-refractivity contribution in [3.05, 3.63) is 50.7 Å². The average molecular weight is 296 g/mol. The van der Waals surface area contributed by atoms with Crippen LogP contribution in [0.3, 0.4) is 0 Å². The molecule has 0 atom stereocenters. The SMILES string of the molecule is Cc1ccc(Cl)cc1NC(=O)c1ccc(C(=O)O)s1. The van der Waals surface area contributed by atoms with Crippen LogP contribution in [0.25, 0.3) is 0 Å². The van der Waals surface area contributed by atoms with Crippen LogP contribution in [0.4, 0.5) is 5.69 Å². The normalized spacial score (nSPS) is 10.2. The predicted molar refractivity (Wildman–Crippen MR) is 75.4 cm³/mol. The quantitative estimate of drug-likeness (QED) is 0.908. The molecule has 4 nitrogen and oxygen atoms in total. The third-order valence-electron chi connectivity index (χ3n) is 2.49. The summed E-state index contributed by atoms with van der Waals surface area (Å²) >= 11 is 6.80. The first-order valence-corrected chi connectivity index (χ1v) is 6.57. The topological polar surface area (TPSA) is 66.4 Å². The van der Waals surface area contributed by atoms with Crippen LogP contribution in [0.15, 0.2) is 30.3 Å². The minimum atomic E-state index is -1.04. The molecule has 0 aliphatic rings. The molecule has 0 saturated carbocycles. The van der Waals surface area contributed by atoms with Gasteiger partial charge in [-0.25, -0.2) is 4.79 Å². The van der Waals surface area contributed by atoms with E-state index in [1.165, 1.54) is 12.1 Å². The molecule has 0 fully saturated rings. The first kappa shape index (κ1) is 13.6. The van der Waals surface area contributed by atoms with Gasteiger partial charge >= 0.3 is 5.97 Å². The minimum Gasteiger partial charge on any atom is -0.477 e. The highest BCUT2D eigenvalue weighted by atomic mass is 35.5. The summed E-state index contributed by atoms with van der Waals surface area (Å²) in [6.07, 6.45) is 0. The lowest BCUT2D eigenvalue weighted by Gasteiger charge is -2.07. The number of carbonyl (C=O) groups excluding carboxylic acids is 1. The van der Waals surface area contributed by atoms with Gasteiger partial charge in [0.25, 0.3) is 5.91 Å². The van der Waals surface area contributed by atoms with Crippen LogP contribution in [-0.2, 0) is 0 Å². The summed E-state index contributed by atoms with van der Waals surface area (Å²) in [6, 6.07) is 8.09. The van der Waals surface area contributed by atoms with Gasteiger partial charge in [0.2, 0.25) is 0 Å². The Bertz CT molecular complexity index is 651. The predicted octanol–water partition coefficient (Wildman–Crippen LogP) is 3.66. The summed E-state index contributed by atoms with van der Waals surface area (Å²) in [5.41, 5.74) is 1.50. The van der Waals surface area contributed by atoms with E-state index in [0.29, 0.717) is 15.6 Å². The molecule has 1 aromatic heterocycles. The van der Waals surface area contributed by atoms with Gasteiger partial charge in [0.15, 0.2) is 0 Å². The zero-order valence-electron chi connectivity index (χ0n) is 9.94. The molecule has 2 aromatic rings. The number of nitrogens with one attached hydrogen (secondary N) is 1. The maximum absolute atomic E-state index is 12.0. The number of carboxylic acid groups (broad SMARTS) is 1. The van der Waals surface area contributed by atoms with E-state index in [1.54, 1.807) is 18.2 Å². The van der Waals surface area contributed by atoms with Crippen molar-refractivity contribution in [1.82, 2.24) is 0 Å². The number of thiophene rings is 1. The fourth-order valence-electron chi connectivity index (χ4n) is 1.49. The van der Waals surface area contributed by atoms with Gasteiger partial charge in [-0.3, -0.25) is 4.79 Å². The van der Waals surface area contributed by atoms with E-state index in [4.69, 9.17) is 16.7 Å². The Morgan fingerprint density at radius 2 is 1.89 bits per heavy atom. The van der Waals surface area contributed by atoms with Crippen molar-refractivity contribution in [1.29, 1.82) is 0 Å². The molecule has 0 saturated heterocycles. The van der Waals surface area contributed by atoms with Crippen LogP contribution < -0.4 is 5.32 Å². The zero-order valence-corrected chi connectivity index (χ0v) is 11.5. The second kappa shape index (κ2) is 5.42. The molecular formula is C13H10ClNO3S. The van der Waals surface area contributed by atoms with Gasteiger partial charge in [0, 0.05) is 10.7 Å². The monoisotopic (exact) mass is 295 g/mol. The second-order valence-electron chi connectivity index (χ2n) is 3.88. The lowest BCUT2D eigenvalue weighted by Crippen LogP contribution is -2.11. The van der Waals surface area contributed by atoms with Gasteiger partial charge in [-0.2, -0.15) is 0 Å². The maximum Gasteiger partial charge on any atom is 0.345 e. The van der Waals surface area contributed by atoms with Crippen molar-refractivity contribution in [2.45, 2.75) is 6.92 Å². The van der Waals surface area contributed by atoms with Crippen LogP contribution in [0.1, 0.15) is 24.9 Å². The first-order chi connectivity index (χ1) is 8.97. The van der Waals surface area contributed by atoms with Crippen molar-refractivity contribution in [2.75, 3.05) is 5.32 Å². The number of halogens is 1. The lowest BCUT2D eigenvalue weighted by molar-refractivity contribution is 0.0702. The Morgan fingerprint density at radius 1 is 1.21 bits per heavy atom. The van der Waals surface area contributed by atoms with Gasteiger partial charge in [0.1, 0.15) is 4.88 Å². The molecule has 0 spiro atoms. The van der Waals surface area contributed by atoms with Gasteiger partial charge < -0.3 is 10.4 Å². The Balaban J connectivity index is 2.20. The van der Waals surface area contributed by atoms with E-state index in [1.807, 2.05) is 6.92 Å². The lowest BCUT2D eigenvalue weighted by atomic mass is 10.2. The number of hydrogen-bond acceptors (Lipinski definition) is 3. The zero-order chi connectivity index (χ0) is 14.0. The molecule has 0 bridgehead atoms.